The van der Waals surface area contributed by atoms with E-state index in [9.17, 15) is 5.11 Å². The summed E-state index contributed by atoms with van der Waals surface area (Å²) in [6.07, 6.45) is 4.95. The van der Waals surface area contributed by atoms with E-state index >= 15 is 0 Å². The fourth-order valence-corrected chi connectivity index (χ4v) is 2.41. The maximum absolute atomic E-state index is 9.86. The second kappa shape index (κ2) is 2.91. The molecule has 0 bridgehead atoms. The van der Waals surface area contributed by atoms with Crippen molar-refractivity contribution in [2.45, 2.75) is 31.7 Å². The van der Waals surface area contributed by atoms with Crippen molar-refractivity contribution < 1.29 is 5.11 Å². The summed E-state index contributed by atoms with van der Waals surface area (Å²) >= 11 is 0. The Labute approximate surface area is 84.2 Å². The van der Waals surface area contributed by atoms with Gasteiger partial charge in [-0.1, -0.05) is 12.1 Å². The quantitative estimate of drug-likeness (QED) is 0.732. The van der Waals surface area contributed by atoms with Crippen LogP contribution in [-0.4, -0.2) is 17.7 Å². The Morgan fingerprint density at radius 2 is 2.14 bits per heavy atom. The maximum atomic E-state index is 9.86. The minimum Gasteiger partial charge on any atom is -0.506 e. The number of anilines is 1. The van der Waals surface area contributed by atoms with E-state index in [0.29, 0.717) is 11.8 Å². The van der Waals surface area contributed by atoms with Crippen molar-refractivity contribution >= 4 is 5.69 Å². The highest BCUT2D eigenvalue weighted by Crippen LogP contribution is 2.41. The van der Waals surface area contributed by atoms with Gasteiger partial charge >= 0.3 is 0 Å². The lowest BCUT2D eigenvalue weighted by Gasteiger charge is -2.31. The van der Waals surface area contributed by atoms with Crippen molar-refractivity contribution in [1.29, 1.82) is 0 Å². The van der Waals surface area contributed by atoms with Crippen LogP contribution >= 0.6 is 0 Å². The van der Waals surface area contributed by atoms with Gasteiger partial charge in [0.05, 0.1) is 5.69 Å². The van der Waals surface area contributed by atoms with Crippen LogP contribution in [0.15, 0.2) is 18.2 Å². The minimum atomic E-state index is 0.467. The summed E-state index contributed by atoms with van der Waals surface area (Å²) in [5, 5.41) is 9.86. The number of phenols is 1. The molecule has 0 amide bonds. The molecule has 2 aliphatic rings. The predicted octanol–water partition coefficient (Wildman–Crippen LogP) is 2.31. The average molecular weight is 189 g/mol. The van der Waals surface area contributed by atoms with Gasteiger partial charge in [0.15, 0.2) is 0 Å². The molecular formula is C12H15NO. The Balaban J connectivity index is 2.07. The summed E-state index contributed by atoms with van der Waals surface area (Å²) < 4.78 is 0. The first-order chi connectivity index (χ1) is 6.86. The number of fused-ring (bicyclic) bond motifs is 1. The van der Waals surface area contributed by atoms with Crippen molar-refractivity contribution in [1.82, 2.24) is 0 Å². The molecule has 3 rings (SSSR count). The Hall–Kier alpha value is -1.18. The van der Waals surface area contributed by atoms with Crippen LogP contribution in [0.5, 0.6) is 5.75 Å². The lowest BCUT2D eigenvalue weighted by Crippen LogP contribution is -2.31. The van der Waals surface area contributed by atoms with Crippen molar-refractivity contribution in [3.05, 3.63) is 23.8 Å². The van der Waals surface area contributed by atoms with Crippen LogP contribution in [0, 0.1) is 0 Å². The van der Waals surface area contributed by atoms with Gasteiger partial charge in [-0.2, -0.15) is 0 Å². The van der Waals surface area contributed by atoms with Crippen LogP contribution in [0.3, 0.4) is 0 Å². The first kappa shape index (κ1) is 8.16. The third-order valence-corrected chi connectivity index (χ3v) is 3.22. The third-order valence-electron chi connectivity index (χ3n) is 3.22. The zero-order valence-corrected chi connectivity index (χ0v) is 8.24. The number of aryl methyl sites for hydroxylation is 1. The van der Waals surface area contributed by atoms with Crippen molar-refractivity contribution in [2.75, 3.05) is 11.4 Å². The Morgan fingerprint density at radius 3 is 2.93 bits per heavy atom. The zero-order valence-electron chi connectivity index (χ0n) is 8.24. The number of aromatic hydroxyl groups is 1. The molecular weight excluding hydrogens is 174 g/mol. The van der Waals surface area contributed by atoms with E-state index in [2.05, 4.69) is 11.0 Å². The molecule has 1 aliphatic carbocycles. The second-order valence-corrected chi connectivity index (χ2v) is 4.31. The van der Waals surface area contributed by atoms with Gasteiger partial charge in [-0.15, -0.1) is 0 Å². The summed E-state index contributed by atoms with van der Waals surface area (Å²) in [7, 11) is 0. The molecule has 1 aliphatic heterocycles. The number of benzene rings is 1. The number of rotatable bonds is 1. The van der Waals surface area contributed by atoms with E-state index in [-0.39, 0.29) is 0 Å². The summed E-state index contributed by atoms with van der Waals surface area (Å²) in [6.45, 7) is 1.12. The number of nitrogens with zero attached hydrogens (tertiary/aromatic N) is 1. The summed E-state index contributed by atoms with van der Waals surface area (Å²) in [6, 6.07) is 6.61. The van der Waals surface area contributed by atoms with Crippen LogP contribution in [0.25, 0.3) is 0 Å². The van der Waals surface area contributed by atoms with Gasteiger partial charge in [0, 0.05) is 12.6 Å². The van der Waals surface area contributed by atoms with E-state index in [0.717, 1.165) is 18.7 Å². The topological polar surface area (TPSA) is 23.5 Å². The van der Waals surface area contributed by atoms with Gasteiger partial charge in [-0.05, 0) is 37.3 Å². The molecule has 1 heterocycles. The molecule has 0 aromatic heterocycles. The van der Waals surface area contributed by atoms with Crippen LogP contribution < -0.4 is 4.90 Å². The van der Waals surface area contributed by atoms with Gasteiger partial charge < -0.3 is 10.0 Å². The first-order valence-corrected chi connectivity index (χ1v) is 5.44. The van der Waals surface area contributed by atoms with E-state index in [1.807, 2.05) is 6.07 Å². The minimum absolute atomic E-state index is 0.467. The maximum Gasteiger partial charge on any atom is 0.139 e. The van der Waals surface area contributed by atoms with Gasteiger partial charge in [0.25, 0.3) is 0 Å². The van der Waals surface area contributed by atoms with Crippen molar-refractivity contribution in [3.8, 4) is 5.75 Å². The molecule has 0 saturated heterocycles. The van der Waals surface area contributed by atoms with Crippen LogP contribution in [-0.2, 0) is 6.42 Å². The highest BCUT2D eigenvalue weighted by molar-refractivity contribution is 5.65. The van der Waals surface area contributed by atoms with Gasteiger partial charge in [0.1, 0.15) is 5.75 Å². The summed E-state index contributed by atoms with van der Waals surface area (Å²) in [5.74, 6) is 0.467. The molecule has 2 nitrogen and oxygen atoms in total. The fourth-order valence-electron chi connectivity index (χ4n) is 2.41. The van der Waals surface area contributed by atoms with Crippen LogP contribution in [0.2, 0.25) is 0 Å². The molecule has 1 saturated carbocycles. The third kappa shape index (κ3) is 1.17. The molecule has 0 atom stereocenters. The molecule has 74 valence electrons. The Morgan fingerprint density at radius 1 is 1.29 bits per heavy atom. The van der Waals surface area contributed by atoms with Gasteiger partial charge in [-0.3, -0.25) is 0 Å². The molecule has 2 heteroatoms. The van der Waals surface area contributed by atoms with Crippen molar-refractivity contribution in [3.63, 3.8) is 0 Å². The Kier molecular flexibility index (Phi) is 1.69. The van der Waals surface area contributed by atoms with Crippen LogP contribution in [0.1, 0.15) is 24.8 Å². The lowest BCUT2D eigenvalue weighted by molar-refractivity contribution is 0.470. The fraction of sp³-hybridized carbons (Fsp3) is 0.500. The lowest BCUT2D eigenvalue weighted by atomic mass is 10.0. The summed E-state index contributed by atoms with van der Waals surface area (Å²) in [5.41, 5.74) is 2.43. The largest absolute Gasteiger partial charge is 0.506 e. The molecule has 0 spiro atoms. The monoisotopic (exact) mass is 189 g/mol. The summed E-state index contributed by atoms with van der Waals surface area (Å²) in [4.78, 5) is 2.40. The zero-order chi connectivity index (χ0) is 9.54. The number of para-hydroxylation sites is 1. The first-order valence-electron chi connectivity index (χ1n) is 5.44. The van der Waals surface area contributed by atoms with Crippen molar-refractivity contribution in [2.24, 2.45) is 0 Å². The number of phenolic OH excluding ortho intramolecular Hbond substituents is 1. The SMILES string of the molecule is Oc1cccc2c1N(C1CC1)CCC2. The molecule has 1 aromatic carbocycles. The molecule has 0 radical (unpaired) electrons. The van der Waals surface area contributed by atoms with E-state index in [4.69, 9.17) is 0 Å². The van der Waals surface area contributed by atoms with E-state index < -0.39 is 0 Å². The predicted molar refractivity (Wildman–Crippen MR) is 56.8 cm³/mol. The van der Waals surface area contributed by atoms with Gasteiger partial charge in [0.2, 0.25) is 0 Å². The Bertz CT molecular complexity index is 357. The molecule has 1 aromatic rings. The highest BCUT2D eigenvalue weighted by Gasteiger charge is 2.33. The number of hydrogen-bond donors (Lipinski definition) is 1. The number of hydrogen-bond acceptors (Lipinski definition) is 2. The van der Waals surface area contributed by atoms with E-state index in [1.165, 1.54) is 24.8 Å². The van der Waals surface area contributed by atoms with Gasteiger partial charge in [-0.25, -0.2) is 0 Å². The highest BCUT2D eigenvalue weighted by atomic mass is 16.3. The molecule has 14 heavy (non-hydrogen) atoms. The average Bonchev–Trinajstić information content (AvgIpc) is 3.01. The smallest absolute Gasteiger partial charge is 0.139 e. The molecule has 0 unspecified atom stereocenters. The van der Waals surface area contributed by atoms with Crippen LogP contribution in [0.4, 0.5) is 5.69 Å². The second-order valence-electron chi connectivity index (χ2n) is 4.31. The molecule has 1 fully saturated rings. The molecule has 1 N–H and O–H groups in total. The standard InChI is InChI=1S/C12H15NO/c14-11-5-1-3-9-4-2-8-13(12(9)11)10-6-7-10/h1,3,5,10,14H,2,4,6-8H2. The van der Waals surface area contributed by atoms with E-state index in [1.54, 1.807) is 6.07 Å². The normalized spacial score (nSPS) is 20.7.